The highest BCUT2D eigenvalue weighted by Crippen LogP contribution is 2.21. The summed E-state index contributed by atoms with van der Waals surface area (Å²) in [5.41, 5.74) is 0.581. The summed E-state index contributed by atoms with van der Waals surface area (Å²) in [5.74, 6) is 1.56. The molecular formula is C19H27N5O. The Morgan fingerprint density at radius 3 is 2.76 bits per heavy atom. The highest BCUT2D eigenvalue weighted by atomic mass is 16.2. The van der Waals surface area contributed by atoms with Crippen molar-refractivity contribution in [1.29, 1.82) is 5.26 Å². The fourth-order valence-electron chi connectivity index (χ4n) is 3.74. The van der Waals surface area contributed by atoms with Crippen LogP contribution in [0.5, 0.6) is 0 Å². The summed E-state index contributed by atoms with van der Waals surface area (Å²) in [6.45, 7) is 5.74. The van der Waals surface area contributed by atoms with Crippen molar-refractivity contribution in [3.8, 4) is 6.07 Å². The number of amides is 2. The number of likely N-dealkylation sites (tertiary alicyclic amines) is 1. The second-order valence-corrected chi connectivity index (χ2v) is 7.09. The van der Waals surface area contributed by atoms with Gasteiger partial charge in [0.15, 0.2) is 0 Å². The van der Waals surface area contributed by atoms with E-state index in [-0.39, 0.29) is 12.1 Å². The van der Waals surface area contributed by atoms with Crippen LogP contribution in [0.4, 0.5) is 10.6 Å². The third kappa shape index (κ3) is 4.41. The maximum Gasteiger partial charge on any atom is 0.317 e. The van der Waals surface area contributed by atoms with Gasteiger partial charge in [-0.3, -0.25) is 0 Å². The molecule has 0 radical (unpaired) electrons. The zero-order valence-corrected chi connectivity index (χ0v) is 14.9. The summed E-state index contributed by atoms with van der Waals surface area (Å²) in [5, 5.41) is 12.1. The molecule has 6 heteroatoms. The summed E-state index contributed by atoms with van der Waals surface area (Å²) in [7, 11) is 0. The van der Waals surface area contributed by atoms with Crippen molar-refractivity contribution in [1.82, 2.24) is 15.2 Å². The highest BCUT2D eigenvalue weighted by Gasteiger charge is 2.26. The van der Waals surface area contributed by atoms with Gasteiger partial charge >= 0.3 is 6.03 Å². The van der Waals surface area contributed by atoms with Crippen LogP contribution in [0.15, 0.2) is 18.3 Å². The predicted octanol–water partition coefficient (Wildman–Crippen LogP) is 2.75. The second kappa shape index (κ2) is 8.19. The molecule has 2 fully saturated rings. The van der Waals surface area contributed by atoms with Gasteiger partial charge in [-0.15, -0.1) is 0 Å². The Morgan fingerprint density at radius 2 is 2.12 bits per heavy atom. The van der Waals surface area contributed by atoms with Gasteiger partial charge in [-0.25, -0.2) is 9.78 Å². The van der Waals surface area contributed by atoms with E-state index in [0.717, 1.165) is 57.7 Å². The molecule has 2 saturated heterocycles. The fourth-order valence-corrected chi connectivity index (χ4v) is 3.74. The maximum atomic E-state index is 12.5. The monoisotopic (exact) mass is 341 g/mol. The number of pyridine rings is 1. The summed E-state index contributed by atoms with van der Waals surface area (Å²) < 4.78 is 0. The first-order valence-corrected chi connectivity index (χ1v) is 9.36. The van der Waals surface area contributed by atoms with Crippen LogP contribution in [0.1, 0.15) is 44.6 Å². The number of nitrogens with zero attached hydrogens (tertiary/aromatic N) is 4. The average Bonchev–Trinajstić information content (AvgIpc) is 2.68. The molecule has 1 aromatic rings. The third-order valence-electron chi connectivity index (χ3n) is 5.41. The Kier molecular flexibility index (Phi) is 5.75. The number of hydrogen-bond donors (Lipinski definition) is 1. The molecule has 2 aliphatic heterocycles. The Labute approximate surface area is 149 Å². The topological polar surface area (TPSA) is 72.3 Å². The lowest BCUT2D eigenvalue weighted by atomic mass is 9.96. The van der Waals surface area contributed by atoms with E-state index < -0.39 is 0 Å². The molecule has 0 spiro atoms. The van der Waals surface area contributed by atoms with Gasteiger partial charge in [0, 0.05) is 38.4 Å². The number of aromatic nitrogens is 1. The van der Waals surface area contributed by atoms with E-state index in [1.54, 1.807) is 12.3 Å². The number of carbonyl (C=O) groups is 1. The first-order chi connectivity index (χ1) is 12.2. The highest BCUT2D eigenvalue weighted by molar-refractivity contribution is 5.74. The van der Waals surface area contributed by atoms with Crippen LogP contribution in [-0.2, 0) is 0 Å². The molecule has 134 valence electrons. The summed E-state index contributed by atoms with van der Waals surface area (Å²) in [6, 6.07) is 6.14. The molecular weight excluding hydrogens is 314 g/mol. The number of urea groups is 1. The van der Waals surface area contributed by atoms with Gasteiger partial charge in [-0.1, -0.05) is 13.3 Å². The lowest BCUT2D eigenvalue weighted by Crippen LogP contribution is -2.51. The van der Waals surface area contributed by atoms with Crippen LogP contribution in [-0.4, -0.2) is 48.1 Å². The minimum atomic E-state index is 0.105. The quantitative estimate of drug-likeness (QED) is 0.917. The van der Waals surface area contributed by atoms with Crippen LogP contribution < -0.4 is 10.2 Å². The van der Waals surface area contributed by atoms with Crippen molar-refractivity contribution >= 4 is 11.8 Å². The van der Waals surface area contributed by atoms with Gasteiger partial charge in [-0.05, 0) is 43.7 Å². The molecule has 0 unspecified atom stereocenters. The van der Waals surface area contributed by atoms with Crippen molar-refractivity contribution in [3.05, 3.63) is 23.9 Å². The molecule has 0 aliphatic carbocycles. The van der Waals surface area contributed by atoms with Crippen LogP contribution in [0.2, 0.25) is 0 Å². The van der Waals surface area contributed by atoms with E-state index in [0.29, 0.717) is 11.5 Å². The SMILES string of the molecule is CC[C@H]1CCCN(C(=O)NC2CCN(c3ccc(C#N)cn3)CC2)C1. The van der Waals surface area contributed by atoms with Gasteiger partial charge in [-0.2, -0.15) is 5.26 Å². The molecule has 0 saturated carbocycles. The van der Waals surface area contributed by atoms with E-state index in [4.69, 9.17) is 5.26 Å². The van der Waals surface area contributed by atoms with Gasteiger partial charge in [0.05, 0.1) is 5.56 Å². The van der Waals surface area contributed by atoms with Gasteiger partial charge in [0.2, 0.25) is 0 Å². The summed E-state index contributed by atoms with van der Waals surface area (Å²) in [4.78, 5) is 21.1. The van der Waals surface area contributed by atoms with Crippen LogP contribution in [0.25, 0.3) is 0 Å². The average molecular weight is 341 g/mol. The molecule has 1 N–H and O–H groups in total. The van der Waals surface area contributed by atoms with E-state index in [9.17, 15) is 4.79 Å². The van der Waals surface area contributed by atoms with E-state index >= 15 is 0 Å². The number of rotatable bonds is 3. The second-order valence-electron chi connectivity index (χ2n) is 7.09. The van der Waals surface area contributed by atoms with Gasteiger partial charge in [0.25, 0.3) is 0 Å². The van der Waals surface area contributed by atoms with E-state index in [2.05, 4.69) is 28.2 Å². The Morgan fingerprint density at radius 1 is 1.32 bits per heavy atom. The number of hydrogen-bond acceptors (Lipinski definition) is 4. The maximum absolute atomic E-state index is 12.5. The van der Waals surface area contributed by atoms with E-state index in [1.807, 2.05) is 11.0 Å². The molecule has 6 nitrogen and oxygen atoms in total. The zero-order valence-electron chi connectivity index (χ0n) is 14.9. The largest absolute Gasteiger partial charge is 0.356 e. The molecule has 2 aliphatic rings. The van der Waals surface area contributed by atoms with E-state index in [1.165, 1.54) is 6.42 Å². The number of anilines is 1. The van der Waals surface area contributed by atoms with Gasteiger partial charge in [0.1, 0.15) is 11.9 Å². The Bertz CT molecular complexity index is 616. The minimum absolute atomic E-state index is 0.105. The van der Waals surface area contributed by atoms with Crippen LogP contribution in [0, 0.1) is 17.2 Å². The molecule has 1 atom stereocenters. The molecule has 2 amide bonds. The molecule has 0 aromatic carbocycles. The number of nitriles is 1. The standard InChI is InChI=1S/C19H27N5O/c1-2-15-4-3-9-24(14-15)19(25)22-17-7-10-23(11-8-17)18-6-5-16(12-20)13-21-18/h5-6,13,15,17H,2-4,7-11,14H2,1H3,(H,22,25)/t15-/m0/s1. The Hall–Kier alpha value is -2.29. The smallest absolute Gasteiger partial charge is 0.317 e. The number of nitrogens with one attached hydrogen (secondary N) is 1. The molecule has 25 heavy (non-hydrogen) atoms. The normalized spacial score (nSPS) is 21.7. The first-order valence-electron chi connectivity index (χ1n) is 9.36. The lowest BCUT2D eigenvalue weighted by Gasteiger charge is -2.36. The van der Waals surface area contributed by atoms with Crippen LogP contribution in [0.3, 0.4) is 0 Å². The molecule has 3 rings (SSSR count). The lowest BCUT2D eigenvalue weighted by molar-refractivity contribution is 0.159. The first kappa shape index (κ1) is 17.5. The molecule has 0 bridgehead atoms. The number of carbonyl (C=O) groups excluding carboxylic acids is 1. The third-order valence-corrected chi connectivity index (χ3v) is 5.41. The van der Waals surface area contributed by atoms with Crippen LogP contribution >= 0.6 is 0 Å². The fraction of sp³-hybridized carbons (Fsp3) is 0.632. The minimum Gasteiger partial charge on any atom is -0.356 e. The van der Waals surface area contributed by atoms with Crippen molar-refractivity contribution in [3.63, 3.8) is 0 Å². The summed E-state index contributed by atoms with van der Waals surface area (Å²) >= 11 is 0. The molecule has 1 aromatic heterocycles. The zero-order chi connectivity index (χ0) is 17.6. The number of piperidine rings is 2. The molecule has 3 heterocycles. The van der Waals surface area contributed by atoms with Crippen molar-refractivity contribution < 1.29 is 4.79 Å². The predicted molar refractivity (Wildman–Crippen MR) is 97.3 cm³/mol. The van der Waals surface area contributed by atoms with Crippen molar-refractivity contribution in [2.45, 2.75) is 45.1 Å². The Balaban J connectivity index is 1.47. The van der Waals surface area contributed by atoms with Crippen molar-refractivity contribution in [2.75, 3.05) is 31.1 Å². The van der Waals surface area contributed by atoms with Gasteiger partial charge < -0.3 is 15.1 Å². The van der Waals surface area contributed by atoms with Crippen molar-refractivity contribution in [2.24, 2.45) is 5.92 Å². The summed E-state index contributed by atoms with van der Waals surface area (Å²) in [6.07, 6.45) is 6.99.